The smallest absolute Gasteiger partial charge is 0.240 e. The quantitative estimate of drug-likeness (QED) is 0.573. The number of aryl methyl sites for hydroxylation is 2. The SMILES string of the molecule is CCC1C(OC)=CC2=C3C1CCC3N(CCCNS(=O)(=O)c1cc(C)c(O)cc1C)CC2. The monoisotopic (exact) mass is 460 g/mol. The number of nitrogens with one attached hydrogen (secondary N) is 1. The molecule has 2 aliphatic carbocycles. The van der Waals surface area contributed by atoms with Gasteiger partial charge in [0.1, 0.15) is 5.75 Å². The van der Waals surface area contributed by atoms with Crippen molar-refractivity contribution in [1.29, 1.82) is 0 Å². The van der Waals surface area contributed by atoms with Gasteiger partial charge in [-0.1, -0.05) is 6.92 Å². The van der Waals surface area contributed by atoms with E-state index in [1.165, 1.54) is 24.5 Å². The van der Waals surface area contributed by atoms with Gasteiger partial charge in [0.05, 0.1) is 17.8 Å². The number of benzene rings is 1. The van der Waals surface area contributed by atoms with E-state index in [1.807, 2.05) is 0 Å². The van der Waals surface area contributed by atoms with Gasteiger partial charge in [0.25, 0.3) is 0 Å². The molecule has 0 bridgehead atoms. The van der Waals surface area contributed by atoms with E-state index in [4.69, 9.17) is 4.74 Å². The van der Waals surface area contributed by atoms with Gasteiger partial charge in [0.2, 0.25) is 10.0 Å². The standard InChI is InChI=1S/C25H36N2O4S/c1-5-19-20-7-8-21-25(20)18(15-23(19)31-4)9-12-27(21)11-6-10-26-32(29,30)24-14-16(2)22(28)13-17(24)3/h13-15,19-21,26,28H,5-12H2,1-4H3. The molecule has 1 aliphatic heterocycles. The topological polar surface area (TPSA) is 78.9 Å². The number of phenolic OH excluding ortho intramolecular Hbond substituents is 1. The van der Waals surface area contributed by atoms with Crippen LogP contribution in [0.15, 0.2) is 40.0 Å². The molecule has 3 aliphatic rings. The number of phenols is 1. The van der Waals surface area contributed by atoms with Crippen LogP contribution in [0.4, 0.5) is 0 Å². The van der Waals surface area contributed by atoms with Crippen LogP contribution in [0.2, 0.25) is 0 Å². The predicted molar refractivity (Wildman–Crippen MR) is 126 cm³/mol. The molecule has 3 atom stereocenters. The molecule has 3 unspecified atom stereocenters. The summed E-state index contributed by atoms with van der Waals surface area (Å²) in [5, 5.41) is 9.81. The molecular formula is C25H36N2O4S. The van der Waals surface area contributed by atoms with E-state index >= 15 is 0 Å². The van der Waals surface area contributed by atoms with Crippen molar-refractivity contribution in [2.75, 3.05) is 26.7 Å². The first-order chi connectivity index (χ1) is 15.3. The van der Waals surface area contributed by atoms with Crippen molar-refractivity contribution in [3.8, 4) is 5.75 Å². The Kier molecular flexibility index (Phi) is 6.71. The number of rotatable bonds is 8. The van der Waals surface area contributed by atoms with Crippen LogP contribution in [0.5, 0.6) is 5.75 Å². The molecule has 0 amide bonds. The lowest BCUT2D eigenvalue weighted by Gasteiger charge is -2.40. The van der Waals surface area contributed by atoms with Crippen LogP contribution in [0, 0.1) is 25.7 Å². The van der Waals surface area contributed by atoms with Crippen LogP contribution in [0.1, 0.15) is 50.2 Å². The zero-order valence-electron chi connectivity index (χ0n) is 19.6. The molecule has 1 aromatic carbocycles. The molecule has 176 valence electrons. The van der Waals surface area contributed by atoms with Gasteiger partial charge in [-0.2, -0.15) is 0 Å². The Morgan fingerprint density at radius 3 is 2.72 bits per heavy atom. The summed E-state index contributed by atoms with van der Waals surface area (Å²) in [5.41, 5.74) is 4.22. The van der Waals surface area contributed by atoms with Crippen LogP contribution in [-0.2, 0) is 14.8 Å². The Balaban J connectivity index is 1.38. The summed E-state index contributed by atoms with van der Waals surface area (Å²) in [4.78, 5) is 2.80. The lowest BCUT2D eigenvalue weighted by atomic mass is 9.75. The molecule has 0 saturated heterocycles. The highest BCUT2D eigenvalue weighted by Crippen LogP contribution is 2.50. The number of allylic oxidation sites excluding steroid dienone is 2. The minimum atomic E-state index is -3.59. The molecule has 4 rings (SSSR count). The molecule has 0 aromatic heterocycles. The zero-order chi connectivity index (χ0) is 23.0. The van der Waals surface area contributed by atoms with Crippen molar-refractivity contribution in [3.63, 3.8) is 0 Å². The highest BCUT2D eigenvalue weighted by atomic mass is 32.2. The third-order valence-electron chi connectivity index (χ3n) is 7.53. The summed E-state index contributed by atoms with van der Waals surface area (Å²) in [6.45, 7) is 7.99. The van der Waals surface area contributed by atoms with E-state index in [0.717, 1.165) is 38.1 Å². The number of ether oxygens (including phenoxy) is 1. The summed E-state index contributed by atoms with van der Waals surface area (Å²) in [5.74, 6) is 2.37. The minimum absolute atomic E-state index is 0.121. The normalized spacial score (nSPS) is 25.6. The number of methoxy groups -OCH3 is 1. The van der Waals surface area contributed by atoms with Crippen molar-refractivity contribution in [2.45, 2.75) is 63.8 Å². The first kappa shape index (κ1) is 23.3. The second-order valence-electron chi connectivity index (χ2n) is 9.39. The third kappa shape index (κ3) is 4.22. The average Bonchev–Trinajstić information content (AvgIpc) is 3.21. The Morgan fingerprint density at radius 2 is 2.00 bits per heavy atom. The molecular weight excluding hydrogens is 424 g/mol. The van der Waals surface area contributed by atoms with Gasteiger partial charge >= 0.3 is 0 Å². The number of hydrogen-bond donors (Lipinski definition) is 2. The van der Waals surface area contributed by atoms with Gasteiger partial charge in [0, 0.05) is 25.0 Å². The van der Waals surface area contributed by atoms with Crippen LogP contribution in [0.3, 0.4) is 0 Å². The summed E-state index contributed by atoms with van der Waals surface area (Å²) in [7, 11) is -1.80. The van der Waals surface area contributed by atoms with Crippen LogP contribution >= 0.6 is 0 Å². The molecule has 7 heteroatoms. The van der Waals surface area contributed by atoms with Crippen LogP contribution in [-0.4, -0.2) is 51.2 Å². The first-order valence-electron chi connectivity index (χ1n) is 11.8. The molecule has 0 spiro atoms. The average molecular weight is 461 g/mol. The Labute approximate surface area is 192 Å². The highest BCUT2D eigenvalue weighted by molar-refractivity contribution is 7.89. The summed E-state index contributed by atoms with van der Waals surface area (Å²) in [6.07, 6.45) is 7.62. The second-order valence-corrected chi connectivity index (χ2v) is 11.1. The Bertz CT molecular complexity index is 1040. The number of hydrogen-bond acceptors (Lipinski definition) is 5. The first-order valence-corrected chi connectivity index (χ1v) is 13.3. The summed E-state index contributed by atoms with van der Waals surface area (Å²) < 4.78 is 34.0. The van der Waals surface area contributed by atoms with Crippen molar-refractivity contribution in [3.05, 3.63) is 46.2 Å². The maximum atomic E-state index is 12.8. The molecule has 1 aromatic rings. The van der Waals surface area contributed by atoms with Gasteiger partial charge in [-0.05, 0) is 98.9 Å². The van der Waals surface area contributed by atoms with Crippen molar-refractivity contribution >= 4 is 10.0 Å². The molecule has 32 heavy (non-hydrogen) atoms. The molecule has 1 saturated carbocycles. The summed E-state index contributed by atoms with van der Waals surface area (Å²) >= 11 is 0. The van der Waals surface area contributed by atoms with E-state index in [-0.39, 0.29) is 10.6 Å². The number of sulfonamides is 1. The molecule has 2 N–H and O–H groups in total. The van der Waals surface area contributed by atoms with Gasteiger partial charge in [-0.3, -0.25) is 4.90 Å². The van der Waals surface area contributed by atoms with E-state index in [1.54, 1.807) is 32.6 Å². The number of nitrogens with zero attached hydrogens (tertiary/aromatic N) is 1. The van der Waals surface area contributed by atoms with Gasteiger partial charge in [-0.15, -0.1) is 0 Å². The van der Waals surface area contributed by atoms with Crippen molar-refractivity contribution < 1.29 is 18.3 Å². The molecule has 1 heterocycles. The van der Waals surface area contributed by atoms with Gasteiger partial charge in [-0.25, -0.2) is 13.1 Å². The fourth-order valence-corrected chi connectivity index (χ4v) is 7.32. The third-order valence-corrected chi connectivity index (χ3v) is 9.13. The van der Waals surface area contributed by atoms with Crippen LogP contribution in [0.25, 0.3) is 0 Å². The van der Waals surface area contributed by atoms with Gasteiger partial charge < -0.3 is 9.84 Å². The molecule has 1 fully saturated rings. The number of aromatic hydroxyl groups is 1. The maximum absolute atomic E-state index is 12.8. The maximum Gasteiger partial charge on any atom is 0.240 e. The molecule has 6 nitrogen and oxygen atoms in total. The Hall–Kier alpha value is -1.83. The van der Waals surface area contributed by atoms with Crippen molar-refractivity contribution in [2.24, 2.45) is 11.8 Å². The van der Waals surface area contributed by atoms with Gasteiger partial charge in [0.15, 0.2) is 0 Å². The minimum Gasteiger partial charge on any atom is -0.508 e. The van der Waals surface area contributed by atoms with E-state index in [9.17, 15) is 13.5 Å². The second kappa shape index (κ2) is 9.20. The molecule has 0 radical (unpaired) electrons. The largest absolute Gasteiger partial charge is 0.508 e. The van der Waals surface area contributed by atoms with Crippen molar-refractivity contribution in [1.82, 2.24) is 9.62 Å². The fraction of sp³-hybridized carbons (Fsp3) is 0.600. The summed E-state index contributed by atoms with van der Waals surface area (Å²) in [6, 6.07) is 3.54. The highest BCUT2D eigenvalue weighted by Gasteiger charge is 2.44. The predicted octanol–water partition coefficient (Wildman–Crippen LogP) is 4.03. The Morgan fingerprint density at radius 1 is 1.22 bits per heavy atom. The van der Waals surface area contributed by atoms with E-state index in [2.05, 4.69) is 22.6 Å². The zero-order valence-corrected chi connectivity index (χ0v) is 20.5. The fourth-order valence-electron chi connectivity index (χ4n) is 5.94. The van der Waals surface area contributed by atoms with E-state index < -0.39 is 10.0 Å². The van der Waals surface area contributed by atoms with Crippen LogP contribution < -0.4 is 4.72 Å². The lowest BCUT2D eigenvalue weighted by molar-refractivity contribution is 0.189. The van der Waals surface area contributed by atoms with E-state index in [0.29, 0.717) is 35.5 Å². The lowest BCUT2D eigenvalue weighted by Crippen LogP contribution is -2.42.